The van der Waals surface area contributed by atoms with Crippen LogP contribution in [0.2, 0.25) is 0 Å². The second-order valence-electron chi connectivity index (χ2n) is 15.4. The van der Waals surface area contributed by atoms with Crippen molar-refractivity contribution >= 4 is 34.5 Å². The number of fused-ring (bicyclic) bond motifs is 1. The Bertz CT molecular complexity index is 1500. The number of methoxy groups -OCH3 is 2. The Hall–Kier alpha value is -3.61. The van der Waals surface area contributed by atoms with E-state index in [0.29, 0.717) is 19.5 Å². The zero-order chi connectivity index (χ0) is 39.4. The molecule has 12 nitrogen and oxygen atoms in total. The maximum Gasteiger partial charge on any atom is 0.245 e. The number of carbonyl (C=O) groups is 4. The van der Waals surface area contributed by atoms with Crippen LogP contribution < -0.4 is 16.0 Å². The van der Waals surface area contributed by atoms with E-state index in [0.717, 1.165) is 35.7 Å². The SMILES string of the molecule is CC[C@H](C)C([C@@H](CC(=O)N1CCC[C@H]1[C@H](OC)[C@@H](C)C(=O)NCCc1ccc2cccnc2c1)OC)N(C)C(=O)[C@@H](NC(=O)[C@@H](NC)C(C)C)C(C)C. The molecule has 4 amide bonds. The van der Waals surface area contributed by atoms with E-state index in [2.05, 4.69) is 40.8 Å². The van der Waals surface area contributed by atoms with Crippen molar-refractivity contribution in [1.82, 2.24) is 30.7 Å². The average molecular weight is 739 g/mol. The maximum absolute atomic E-state index is 14.1. The van der Waals surface area contributed by atoms with Crippen LogP contribution in [-0.4, -0.2) is 116 Å². The average Bonchev–Trinajstić information content (AvgIpc) is 3.62. The molecule has 296 valence electrons. The van der Waals surface area contributed by atoms with Gasteiger partial charge in [0.2, 0.25) is 23.6 Å². The zero-order valence-corrected chi connectivity index (χ0v) is 34.0. The molecular weight excluding hydrogens is 672 g/mol. The van der Waals surface area contributed by atoms with Gasteiger partial charge in [0.15, 0.2) is 0 Å². The quantitative estimate of drug-likeness (QED) is 0.184. The number of ether oxygens (including phenoxy) is 2. The third-order valence-electron chi connectivity index (χ3n) is 11.1. The van der Waals surface area contributed by atoms with Crippen molar-refractivity contribution in [3.63, 3.8) is 0 Å². The van der Waals surface area contributed by atoms with Crippen molar-refractivity contribution in [3.8, 4) is 0 Å². The molecule has 12 heteroatoms. The van der Waals surface area contributed by atoms with Crippen LogP contribution in [0.3, 0.4) is 0 Å². The van der Waals surface area contributed by atoms with Crippen LogP contribution in [-0.2, 0) is 35.1 Å². The van der Waals surface area contributed by atoms with Crippen molar-refractivity contribution in [2.45, 2.75) is 117 Å². The number of rotatable bonds is 20. The lowest BCUT2D eigenvalue weighted by Gasteiger charge is -2.41. The van der Waals surface area contributed by atoms with E-state index in [9.17, 15) is 19.2 Å². The highest BCUT2D eigenvalue weighted by atomic mass is 16.5. The van der Waals surface area contributed by atoms with E-state index in [1.165, 1.54) is 0 Å². The van der Waals surface area contributed by atoms with Gasteiger partial charge < -0.3 is 35.2 Å². The van der Waals surface area contributed by atoms with Crippen molar-refractivity contribution in [3.05, 3.63) is 42.1 Å². The van der Waals surface area contributed by atoms with Crippen LogP contribution in [0.1, 0.15) is 79.7 Å². The van der Waals surface area contributed by atoms with Gasteiger partial charge >= 0.3 is 0 Å². The summed E-state index contributed by atoms with van der Waals surface area (Å²) in [5.74, 6) is -1.28. The van der Waals surface area contributed by atoms with Gasteiger partial charge in [-0.05, 0) is 61.8 Å². The first-order valence-electron chi connectivity index (χ1n) is 19.4. The Morgan fingerprint density at radius 3 is 2.28 bits per heavy atom. The molecule has 2 aromatic rings. The van der Waals surface area contributed by atoms with Crippen LogP contribution in [0.25, 0.3) is 10.9 Å². The molecule has 2 heterocycles. The molecule has 1 aliphatic heterocycles. The molecule has 0 saturated carbocycles. The molecule has 1 unspecified atom stereocenters. The molecule has 0 spiro atoms. The van der Waals surface area contributed by atoms with Gasteiger partial charge in [-0.2, -0.15) is 0 Å². The number of benzene rings is 1. The molecule has 8 atom stereocenters. The van der Waals surface area contributed by atoms with Gasteiger partial charge in [0.25, 0.3) is 0 Å². The Morgan fingerprint density at radius 1 is 0.981 bits per heavy atom. The van der Waals surface area contributed by atoms with E-state index < -0.39 is 36.3 Å². The molecule has 1 aromatic carbocycles. The first-order valence-corrected chi connectivity index (χ1v) is 19.4. The summed E-state index contributed by atoms with van der Waals surface area (Å²) >= 11 is 0. The fourth-order valence-corrected chi connectivity index (χ4v) is 7.81. The van der Waals surface area contributed by atoms with Gasteiger partial charge in [0.1, 0.15) is 6.04 Å². The second-order valence-corrected chi connectivity index (χ2v) is 15.4. The third kappa shape index (κ3) is 11.2. The highest BCUT2D eigenvalue weighted by molar-refractivity contribution is 5.90. The number of likely N-dealkylation sites (N-methyl/N-ethyl adjacent to an activating group) is 2. The molecule has 0 aliphatic carbocycles. The Balaban J connectivity index is 1.70. The molecular formula is C41H66N6O6. The Morgan fingerprint density at radius 2 is 1.68 bits per heavy atom. The van der Waals surface area contributed by atoms with Crippen molar-refractivity contribution < 1.29 is 28.7 Å². The first kappa shape index (κ1) is 43.8. The van der Waals surface area contributed by atoms with Gasteiger partial charge in [-0.3, -0.25) is 24.2 Å². The number of likely N-dealkylation sites (tertiary alicyclic amines) is 1. The summed E-state index contributed by atoms with van der Waals surface area (Å²) in [7, 11) is 6.65. The number of nitrogens with one attached hydrogen (secondary N) is 3. The Labute approximate surface area is 317 Å². The zero-order valence-electron chi connectivity index (χ0n) is 34.0. The van der Waals surface area contributed by atoms with Gasteiger partial charge in [-0.1, -0.05) is 73.1 Å². The summed E-state index contributed by atoms with van der Waals surface area (Å²) < 4.78 is 12.0. The minimum absolute atomic E-state index is 0.00150. The van der Waals surface area contributed by atoms with Gasteiger partial charge in [0, 0.05) is 45.9 Å². The van der Waals surface area contributed by atoms with Gasteiger partial charge in [-0.25, -0.2) is 0 Å². The van der Waals surface area contributed by atoms with Crippen LogP contribution in [0, 0.1) is 23.7 Å². The van der Waals surface area contributed by atoms with E-state index in [-0.39, 0.29) is 53.8 Å². The summed E-state index contributed by atoms with van der Waals surface area (Å²) in [4.78, 5) is 62.8. The molecule has 3 N–H and O–H groups in total. The number of aromatic nitrogens is 1. The molecule has 1 saturated heterocycles. The third-order valence-corrected chi connectivity index (χ3v) is 11.1. The summed E-state index contributed by atoms with van der Waals surface area (Å²) in [5.41, 5.74) is 2.02. The van der Waals surface area contributed by atoms with Crippen molar-refractivity contribution in [2.75, 3.05) is 41.4 Å². The number of hydrogen-bond acceptors (Lipinski definition) is 8. The summed E-state index contributed by atoms with van der Waals surface area (Å²) in [5, 5.41) is 10.2. The predicted octanol–water partition coefficient (Wildman–Crippen LogP) is 4.20. The maximum atomic E-state index is 14.1. The lowest BCUT2D eigenvalue weighted by molar-refractivity contribution is -0.147. The second kappa shape index (κ2) is 20.7. The van der Waals surface area contributed by atoms with E-state index in [1.54, 1.807) is 39.4 Å². The summed E-state index contributed by atoms with van der Waals surface area (Å²) in [6, 6.07) is 8.20. The molecule has 1 aliphatic rings. The molecule has 1 aromatic heterocycles. The summed E-state index contributed by atoms with van der Waals surface area (Å²) in [6.07, 6.45) is 3.69. The fraction of sp³-hybridized carbons (Fsp3) is 0.683. The summed E-state index contributed by atoms with van der Waals surface area (Å²) in [6.45, 7) is 14.7. The Kier molecular flexibility index (Phi) is 17.1. The molecule has 0 bridgehead atoms. The van der Waals surface area contributed by atoms with E-state index in [4.69, 9.17) is 9.47 Å². The van der Waals surface area contributed by atoms with E-state index >= 15 is 0 Å². The number of nitrogens with zero attached hydrogens (tertiary/aromatic N) is 3. The van der Waals surface area contributed by atoms with Crippen LogP contribution in [0.5, 0.6) is 0 Å². The van der Waals surface area contributed by atoms with Crippen molar-refractivity contribution in [2.24, 2.45) is 23.7 Å². The molecule has 53 heavy (non-hydrogen) atoms. The van der Waals surface area contributed by atoms with E-state index in [1.807, 2.05) is 63.8 Å². The topological polar surface area (TPSA) is 142 Å². The normalized spacial score (nSPS) is 18.7. The first-order chi connectivity index (χ1) is 25.2. The number of amides is 4. The number of carbonyl (C=O) groups excluding carboxylic acids is 4. The van der Waals surface area contributed by atoms with Crippen LogP contribution in [0.15, 0.2) is 36.5 Å². The highest BCUT2D eigenvalue weighted by Gasteiger charge is 2.43. The van der Waals surface area contributed by atoms with Crippen LogP contribution >= 0.6 is 0 Å². The molecule has 0 radical (unpaired) electrons. The van der Waals surface area contributed by atoms with Gasteiger partial charge in [-0.15, -0.1) is 0 Å². The lowest BCUT2D eigenvalue weighted by Crippen LogP contribution is -2.59. The smallest absolute Gasteiger partial charge is 0.245 e. The standard InChI is InChI=1S/C41H66N6O6/c1-12-27(6)37(46(9)41(51)36(26(4)5)45-40(50)35(42-8)25(2)3)33(52-10)24-34(48)47-22-14-16-32(47)38(53-11)28(7)39(49)44-21-19-29-17-18-30-15-13-20-43-31(30)23-29/h13,15,17-18,20,23,25-28,32-33,35-38,42H,12,14,16,19,21-22,24H2,1-11H3,(H,44,49)(H,45,50)/t27-,28+,32-,33+,35-,36-,37?,38+/m0/s1. The predicted molar refractivity (Wildman–Crippen MR) is 209 cm³/mol. The number of pyridine rings is 1. The highest BCUT2D eigenvalue weighted by Crippen LogP contribution is 2.29. The molecule has 3 rings (SSSR count). The minimum atomic E-state index is -0.746. The van der Waals surface area contributed by atoms with Gasteiger partial charge in [0.05, 0.1) is 48.2 Å². The monoisotopic (exact) mass is 739 g/mol. The van der Waals surface area contributed by atoms with Crippen molar-refractivity contribution in [1.29, 1.82) is 0 Å². The fourth-order valence-electron chi connectivity index (χ4n) is 7.81. The molecule has 1 fully saturated rings. The number of hydrogen-bond donors (Lipinski definition) is 3. The minimum Gasteiger partial charge on any atom is -0.379 e. The lowest BCUT2D eigenvalue weighted by atomic mass is 9.89. The van der Waals surface area contributed by atoms with Crippen LogP contribution in [0.4, 0.5) is 0 Å². The largest absolute Gasteiger partial charge is 0.379 e.